The predicted octanol–water partition coefficient (Wildman–Crippen LogP) is 1.97. The van der Waals surface area contributed by atoms with Gasteiger partial charge in [-0.3, -0.25) is 0 Å². The van der Waals surface area contributed by atoms with Crippen LogP contribution in [0.2, 0.25) is 0 Å². The van der Waals surface area contributed by atoms with Gasteiger partial charge in [-0.05, 0) is 23.8 Å². The van der Waals surface area contributed by atoms with Crippen LogP contribution in [0.1, 0.15) is 11.6 Å². The number of hydrogen-bond acceptors (Lipinski definition) is 2. The van der Waals surface area contributed by atoms with Crippen molar-refractivity contribution in [1.29, 1.82) is 0 Å². The van der Waals surface area contributed by atoms with E-state index in [-0.39, 0.29) is 11.3 Å². The highest BCUT2D eigenvalue weighted by Gasteiger charge is 2.38. The summed E-state index contributed by atoms with van der Waals surface area (Å²) in [5.74, 6) is -0.834. The Balaban J connectivity index is 3.07. The minimum atomic E-state index is -4.60. The maximum Gasteiger partial charge on any atom is 0.407 e. The number of hydrogen-bond donors (Lipinski definition) is 2. The first kappa shape index (κ1) is 10.8. The molecule has 0 saturated carbocycles. The van der Waals surface area contributed by atoms with Gasteiger partial charge in [0.2, 0.25) is 0 Å². The average molecular weight is 208 g/mol. The van der Waals surface area contributed by atoms with Crippen molar-refractivity contribution in [3.05, 3.63) is 29.6 Å². The molecule has 0 unspecified atom stereocenters. The summed E-state index contributed by atoms with van der Waals surface area (Å²) in [5, 5.41) is 0. The highest BCUT2D eigenvalue weighted by Crippen LogP contribution is 2.31. The quantitative estimate of drug-likeness (QED) is 0.547. The highest BCUT2D eigenvalue weighted by molar-refractivity contribution is 5.42. The number of benzene rings is 1. The summed E-state index contributed by atoms with van der Waals surface area (Å²) < 4.78 is 49.0. The molecule has 1 atom stereocenters. The molecule has 0 heterocycles. The van der Waals surface area contributed by atoms with Gasteiger partial charge in [-0.15, -0.1) is 0 Å². The third kappa shape index (κ3) is 2.35. The minimum Gasteiger partial charge on any atom is -0.399 e. The molecule has 1 aromatic rings. The molecule has 0 aliphatic rings. The minimum absolute atomic E-state index is 0.0836. The summed E-state index contributed by atoms with van der Waals surface area (Å²) >= 11 is 0. The number of nitrogen functional groups attached to an aromatic ring is 1. The fraction of sp³-hybridized carbons (Fsp3) is 0.250. The average Bonchev–Trinajstić information content (AvgIpc) is 1.99. The molecular formula is C8H8F4N2. The van der Waals surface area contributed by atoms with Gasteiger partial charge in [0.15, 0.2) is 0 Å². The summed E-state index contributed by atoms with van der Waals surface area (Å²) in [7, 11) is 0. The third-order valence-corrected chi connectivity index (χ3v) is 1.65. The van der Waals surface area contributed by atoms with Crippen LogP contribution in [0.4, 0.5) is 23.2 Å². The van der Waals surface area contributed by atoms with Crippen LogP contribution < -0.4 is 11.5 Å². The van der Waals surface area contributed by atoms with Crippen molar-refractivity contribution in [3.8, 4) is 0 Å². The van der Waals surface area contributed by atoms with Gasteiger partial charge >= 0.3 is 6.18 Å². The van der Waals surface area contributed by atoms with Crippen molar-refractivity contribution in [2.24, 2.45) is 5.73 Å². The molecule has 0 amide bonds. The molecule has 14 heavy (non-hydrogen) atoms. The summed E-state index contributed by atoms with van der Waals surface area (Å²) in [5.41, 5.74) is 9.58. The lowest BCUT2D eigenvalue weighted by Crippen LogP contribution is -2.28. The Morgan fingerprint density at radius 1 is 1.14 bits per heavy atom. The van der Waals surface area contributed by atoms with E-state index in [1.54, 1.807) is 0 Å². The van der Waals surface area contributed by atoms with E-state index in [2.05, 4.69) is 0 Å². The van der Waals surface area contributed by atoms with Gasteiger partial charge in [-0.25, -0.2) is 4.39 Å². The highest BCUT2D eigenvalue weighted by atomic mass is 19.4. The molecule has 0 aromatic heterocycles. The van der Waals surface area contributed by atoms with Gasteiger partial charge in [0.05, 0.1) is 0 Å². The SMILES string of the molecule is Nc1cc(F)cc([C@H](N)C(F)(F)F)c1. The fourth-order valence-electron chi connectivity index (χ4n) is 1.00. The first-order chi connectivity index (χ1) is 6.30. The lowest BCUT2D eigenvalue weighted by molar-refractivity contribution is -0.149. The van der Waals surface area contributed by atoms with Crippen LogP contribution >= 0.6 is 0 Å². The van der Waals surface area contributed by atoms with E-state index in [4.69, 9.17) is 11.5 Å². The summed E-state index contributed by atoms with van der Waals surface area (Å²) in [6.45, 7) is 0. The standard InChI is InChI=1S/C8H8F4N2/c9-5-1-4(2-6(13)3-5)7(14)8(10,11)12/h1-3,7H,13-14H2/t7-/m0/s1. The first-order valence-corrected chi connectivity index (χ1v) is 3.69. The molecular weight excluding hydrogens is 200 g/mol. The summed E-state index contributed by atoms with van der Waals surface area (Å²) in [6, 6.07) is 0.433. The molecule has 0 radical (unpaired) electrons. The maximum atomic E-state index is 12.7. The van der Waals surface area contributed by atoms with Crippen molar-refractivity contribution in [3.63, 3.8) is 0 Å². The summed E-state index contributed by atoms with van der Waals surface area (Å²) in [6.07, 6.45) is -4.60. The zero-order chi connectivity index (χ0) is 10.9. The van der Waals surface area contributed by atoms with E-state index < -0.39 is 18.0 Å². The first-order valence-electron chi connectivity index (χ1n) is 3.69. The van der Waals surface area contributed by atoms with Gasteiger partial charge in [0.25, 0.3) is 0 Å². The topological polar surface area (TPSA) is 52.0 Å². The molecule has 78 valence electrons. The second kappa shape index (κ2) is 3.45. The molecule has 0 aliphatic heterocycles. The molecule has 6 heteroatoms. The lowest BCUT2D eigenvalue weighted by atomic mass is 10.1. The number of rotatable bonds is 1. The molecule has 0 saturated heterocycles. The number of anilines is 1. The van der Waals surface area contributed by atoms with Crippen LogP contribution in [0.3, 0.4) is 0 Å². The molecule has 1 rings (SSSR count). The van der Waals surface area contributed by atoms with Crippen LogP contribution in [-0.4, -0.2) is 6.18 Å². The van der Waals surface area contributed by atoms with Crippen molar-refractivity contribution in [2.75, 3.05) is 5.73 Å². The van der Waals surface area contributed by atoms with E-state index in [0.29, 0.717) is 6.07 Å². The van der Waals surface area contributed by atoms with E-state index in [1.165, 1.54) is 0 Å². The van der Waals surface area contributed by atoms with Crippen LogP contribution in [0.5, 0.6) is 0 Å². The molecule has 0 aliphatic carbocycles. The Bertz CT molecular complexity index is 314. The zero-order valence-electron chi connectivity index (χ0n) is 6.98. The second-order valence-electron chi connectivity index (χ2n) is 2.84. The Hall–Kier alpha value is -1.30. The van der Waals surface area contributed by atoms with Gasteiger partial charge in [0, 0.05) is 5.69 Å². The van der Waals surface area contributed by atoms with Crippen LogP contribution in [0.15, 0.2) is 18.2 Å². The number of halogens is 4. The Labute approximate surface area is 77.5 Å². The van der Waals surface area contributed by atoms with Gasteiger partial charge in [0.1, 0.15) is 11.9 Å². The molecule has 0 fully saturated rings. The molecule has 0 spiro atoms. The van der Waals surface area contributed by atoms with Gasteiger partial charge in [-0.1, -0.05) is 0 Å². The van der Waals surface area contributed by atoms with Gasteiger partial charge in [-0.2, -0.15) is 13.2 Å². The third-order valence-electron chi connectivity index (χ3n) is 1.65. The van der Waals surface area contributed by atoms with Crippen molar-refractivity contribution in [1.82, 2.24) is 0 Å². The zero-order valence-corrected chi connectivity index (χ0v) is 6.98. The normalized spacial score (nSPS) is 14.1. The van der Waals surface area contributed by atoms with Crippen molar-refractivity contribution >= 4 is 5.69 Å². The van der Waals surface area contributed by atoms with E-state index in [0.717, 1.165) is 12.1 Å². The van der Waals surface area contributed by atoms with Crippen LogP contribution in [0, 0.1) is 5.82 Å². The van der Waals surface area contributed by atoms with Crippen LogP contribution in [-0.2, 0) is 0 Å². The summed E-state index contributed by atoms with van der Waals surface area (Å²) in [4.78, 5) is 0. The van der Waals surface area contributed by atoms with E-state index in [9.17, 15) is 17.6 Å². The van der Waals surface area contributed by atoms with E-state index >= 15 is 0 Å². The monoisotopic (exact) mass is 208 g/mol. The van der Waals surface area contributed by atoms with E-state index in [1.807, 2.05) is 0 Å². The smallest absolute Gasteiger partial charge is 0.399 e. The maximum absolute atomic E-state index is 12.7. The van der Waals surface area contributed by atoms with Crippen LogP contribution in [0.25, 0.3) is 0 Å². The largest absolute Gasteiger partial charge is 0.407 e. The Morgan fingerprint density at radius 3 is 2.14 bits per heavy atom. The second-order valence-corrected chi connectivity index (χ2v) is 2.84. The predicted molar refractivity (Wildman–Crippen MR) is 43.8 cm³/mol. The molecule has 1 aromatic carbocycles. The Morgan fingerprint density at radius 2 is 1.71 bits per heavy atom. The molecule has 0 bridgehead atoms. The molecule has 4 N–H and O–H groups in total. The van der Waals surface area contributed by atoms with Crippen molar-refractivity contribution < 1.29 is 17.6 Å². The van der Waals surface area contributed by atoms with Crippen molar-refractivity contribution in [2.45, 2.75) is 12.2 Å². The lowest BCUT2D eigenvalue weighted by Gasteiger charge is -2.16. The number of nitrogens with two attached hydrogens (primary N) is 2. The molecule has 2 nitrogen and oxygen atoms in total. The van der Waals surface area contributed by atoms with Gasteiger partial charge < -0.3 is 11.5 Å². The Kier molecular flexibility index (Phi) is 2.66. The fourth-order valence-corrected chi connectivity index (χ4v) is 1.00. The number of alkyl halides is 3.